The average molecular weight is 433 g/mol. The highest BCUT2D eigenvalue weighted by Gasteiger charge is 2.11. The van der Waals surface area contributed by atoms with E-state index in [4.69, 9.17) is 16.7 Å². The summed E-state index contributed by atoms with van der Waals surface area (Å²) in [6.45, 7) is 3.86. The van der Waals surface area contributed by atoms with Gasteiger partial charge in [0.2, 0.25) is 10.0 Å². The Morgan fingerprint density at radius 3 is 2.58 bits per heavy atom. The van der Waals surface area contributed by atoms with E-state index in [1.165, 1.54) is 6.07 Å². The molecule has 2 aromatic rings. The number of primary sulfonamides is 1. The molecule has 6 nitrogen and oxygen atoms in total. The van der Waals surface area contributed by atoms with E-state index >= 15 is 0 Å². The summed E-state index contributed by atoms with van der Waals surface area (Å²) in [5, 5.41) is 12.3. The van der Waals surface area contributed by atoms with E-state index in [2.05, 4.69) is 15.6 Å². The van der Waals surface area contributed by atoms with Gasteiger partial charge in [0.15, 0.2) is 5.96 Å². The molecule has 26 heavy (non-hydrogen) atoms. The number of guanidine groups is 1. The molecule has 0 amide bonds. The van der Waals surface area contributed by atoms with Gasteiger partial charge in [-0.05, 0) is 43.3 Å². The zero-order valence-corrected chi connectivity index (χ0v) is 17.4. The molecule has 0 aliphatic rings. The fourth-order valence-electron chi connectivity index (χ4n) is 1.96. The molecule has 0 radical (unpaired) electrons. The molecule has 0 aliphatic heterocycles. The van der Waals surface area contributed by atoms with E-state index < -0.39 is 10.0 Å². The van der Waals surface area contributed by atoms with Gasteiger partial charge in [0, 0.05) is 33.6 Å². The number of aliphatic imine (C=N–C) groups is 1. The van der Waals surface area contributed by atoms with Crippen LogP contribution >= 0.6 is 34.7 Å². The first-order chi connectivity index (χ1) is 12.4. The summed E-state index contributed by atoms with van der Waals surface area (Å²) in [7, 11) is -3.65. The lowest BCUT2D eigenvalue weighted by atomic mass is 10.4. The van der Waals surface area contributed by atoms with Gasteiger partial charge in [-0.25, -0.2) is 18.5 Å². The average Bonchev–Trinajstić information content (AvgIpc) is 3.07. The fourth-order valence-corrected chi connectivity index (χ4v) is 4.56. The molecule has 1 aromatic carbocycles. The molecule has 0 aliphatic carbocycles. The topological polar surface area (TPSA) is 96.6 Å². The van der Waals surface area contributed by atoms with Crippen LogP contribution in [-0.4, -0.2) is 33.2 Å². The molecule has 1 heterocycles. The lowest BCUT2D eigenvalue weighted by molar-refractivity contribution is 0.600. The van der Waals surface area contributed by atoms with Crippen LogP contribution in [0.15, 0.2) is 50.5 Å². The van der Waals surface area contributed by atoms with Crippen molar-refractivity contribution in [3.05, 3.63) is 46.3 Å². The first-order valence-electron chi connectivity index (χ1n) is 7.90. The van der Waals surface area contributed by atoms with Crippen molar-refractivity contribution in [2.45, 2.75) is 22.6 Å². The smallest absolute Gasteiger partial charge is 0.247 e. The number of thioether (sulfide) groups is 1. The minimum Gasteiger partial charge on any atom is -0.357 e. The number of sulfonamides is 1. The molecule has 10 heteroatoms. The third-order valence-electron chi connectivity index (χ3n) is 3.13. The van der Waals surface area contributed by atoms with Crippen LogP contribution in [0.2, 0.25) is 5.02 Å². The summed E-state index contributed by atoms with van der Waals surface area (Å²) in [6.07, 6.45) is 0. The second-order valence-electron chi connectivity index (χ2n) is 5.19. The Balaban J connectivity index is 1.84. The number of hydrogen-bond acceptors (Lipinski definition) is 5. The Labute approximate surface area is 167 Å². The van der Waals surface area contributed by atoms with E-state index in [0.717, 1.165) is 45.0 Å². The highest BCUT2D eigenvalue weighted by Crippen LogP contribution is 2.21. The van der Waals surface area contributed by atoms with Gasteiger partial charge in [0.1, 0.15) is 4.21 Å². The lowest BCUT2D eigenvalue weighted by Gasteiger charge is -2.11. The van der Waals surface area contributed by atoms with Gasteiger partial charge < -0.3 is 10.6 Å². The Morgan fingerprint density at radius 2 is 1.96 bits per heavy atom. The van der Waals surface area contributed by atoms with Crippen LogP contribution in [0.1, 0.15) is 11.8 Å². The Hall–Kier alpha value is -1.26. The normalized spacial score (nSPS) is 12.2. The van der Waals surface area contributed by atoms with E-state index in [1.807, 2.05) is 31.2 Å². The van der Waals surface area contributed by atoms with Gasteiger partial charge in [-0.3, -0.25) is 0 Å². The summed E-state index contributed by atoms with van der Waals surface area (Å²) < 4.78 is 22.8. The molecule has 0 spiro atoms. The first-order valence-corrected chi connectivity index (χ1v) is 11.6. The van der Waals surface area contributed by atoms with Crippen molar-refractivity contribution in [3.63, 3.8) is 0 Å². The van der Waals surface area contributed by atoms with Crippen LogP contribution in [0.25, 0.3) is 0 Å². The predicted molar refractivity (Wildman–Crippen MR) is 111 cm³/mol. The second-order valence-corrected chi connectivity index (χ2v) is 9.75. The maximum absolute atomic E-state index is 11.3. The van der Waals surface area contributed by atoms with Gasteiger partial charge in [-0.15, -0.1) is 23.1 Å². The molecule has 4 N–H and O–H groups in total. The van der Waals surface area contributed by atoms with Crippen LogP contribution in [0.3, 0.4) is 0 Å². The van der Waals surface area contributed by atoms with Crippen molar-refractivity contribution < 1.29 is 8.42 Å². The molecule has 1 aromatic heterocycles. The number of hydrogen-bond donors (Lipinski definition) is 3. The number of thiophene rings is 1. The summed E-state index contributed by atoms with van der Waals surface area (Å²) in [5.41, 5.74) is 0. The molecular formula is C16H21ClN4O2S3. The largest absolute Gasteiger partial charge is 0.357 e. The lowest BCUT2D eigenvalue weighted by Crippen LogP contribution is -2.38. The standard InChI is InChI=1S/C16H21ClN4O2S3/c1-2-19-16(20-9-10-24-13-5-3-12(17)4-6-13)21-11-14-7-8-15(25-14)26(18,22)23/h3-8H,2,9-11H2,1H3,(H2,18,22,23)(H2,19,20,21). The molecule has 0 saturated heterocycles. The number of halogens is 1. The predicted octanol–water partition coefficient (Wildman–Crippen LogP) is 2.90. The quantitative estimate of drug-likeness (QED) is 0.258. The Morgan fingerprint density at radius 1 is 1.23 bits per heavy atom. The number of nitrogens with one attached hydrogen (secondary N) is 2. The van der Waals surface area contributed by atoms with Crippen molar-refractivity contribution in [1.82, 2.24) is 10.6 Å². The van der Waals surface area contributed by atoms with Gasteiger partial charge in [-0.2, -0.15) is 0 Å². The SMILES string of the molecule is CCNC(=NCc1ccc(S(N)(=O)=O)s1)NCCSc1ccc(Cl)cc1. The molecular weight excluding hydrogens is 412 g/mol. The zero-order chi connectivity index (χ0) is 19.0. The molecule has 0 saturated carbocycles. The summed E-state index contributed by atoms with van der Waals surface area (Å²) >= 11 is 8.74. The Bertz CT molecular complexity index is 835. The van der Waals surface area contributed by atoms with Crippen molar-refractivity contribution in [1.29, 1.82) is 0 Å². The van der Waals surface area contributed by atoms with Crippen LogP contribution in [0, 0.1) is 0 Å². The molecule has 0 atom stereocenters. The minimum atomic E-state index is -3.65. The summed E-state index contributed by atoms with van der Waals surface area (Å²) in [5.74, 6) is 1.57. The zero-order valence-electron chi connectivity index (χ0n) is 14.2. The second kappa shape index (κ2) is 10.2. The molecule has 0 fully saturated rings. The number of rotatable bonds is 8. The van der Waals surface area contributed by atoms with Gasteiger partial charge >= 0.3 is 0 Å². The highest BCUT2D eigenvalue weighted by atomic mass is 35.5. The van der Waals surface area contributed by atoms with Crippen molar-refractivity contribution >= 4 is 50.7 Å². The van der Waals surface area contributed by atoms with E-state index in [9.17, 15) is 8.42 Å². The van der Waals surface area contributed by atoms with Crippen LogP contribution < -0.4 is 15.8 Å². The van der Waals surface area contributed by atoms with Crippen LogP contribution in [-0.2, 0) is 16.6 Å². The third kappa shape index (κ3) is 7.16. The summed E-state index contributed by atoms with van der Waals surface area (Å²) in [4.78, 5) is 6.47. The van der Waals surface area contributed by atoms with E-state index in [1.54, 1.807) is 17.8 Å². The monoisotopic (exact) mass is 432 g/mol. The Kier molecular flexibility index (Phi) is 8.23. The van der Waals surface area contributed by atoms with Crippen molar-refractivity contribution in [3.8, 4) is 0 Å². The third-order valence-corrected chi connectivity index (χ3v) is 6.91. The van der Waals surface area contributed by atoms with Crippen molar-refractivity contribution in [2.24, 2.45) is 10.1 Å². The molecule has 0 unspecified atom stereocenters. The van der Waals surface area contributed by atoms with Gasteiger partial charge in [0.05, 0.1) is 6.54 Å². The van der Waals surface area contributed by atoms with Crippen molar-refractivity contribution in [2.75, 3.05) is 18.8 Å². The van der Waals surface area contributed by atoms with E-state index in [0.29, 0.717) is 12.5 Å². The minimum absolute atomic E-state index is 0.153. The fraction of sp³-hybridized carbons (Fsp3) is 0.312. The van der Waals surface area contributed by atoms with Crippen LogP contribution in [0.5, 0.6) is 0 Å². The molecule has 2 rings (SSSR count). The molecule has 0 bridgehead atoms. The van der Waals surface area contributed by atoms with Crippen LogP contribution in [0.4, 0.5) is 0 Å². The maximum Gasteiger partial charge on any atom is 0.247 e. The van der Waals surface area contributed by atoms with E-state index in [-0.39, 0.29) is 4.21 Å². The first kappa shape index (κ1) is 21.0. The maximum atomic E-state index is 11.3. The van der Waals surface area contributed by atoms with Gasteiger partial charge in [-0.1, -0.05) is 11.6 Å². The number of nitrogens with two attached hydrogens (primary N) is 1. The highest BCUT2D eigenvalue weighted by molar-refractivity contribution is 7.99. The number of nitrogens with zero attached hydrogens (tertiary/aromatic N) is 1. The molecule has 142 valence electrons. The van der Waals surface area contributed by atoms with Gasteiger partial charge in [0.25, 0.3) is 0 Å². The number of benzene rings is 1. The summed E-state index contributed by atoms with van der Waals surface area (Å²) in [6, 6.07) is 11.0.